The number of ether oxygens (including phenoxy) is 1. The molecule has 0 radical (unpaired) electrons. The number of H-pyrrole nitrogens is 1. The van der Waals surface area contributed by atoms with Gasteiger partial charge in [-0.15, -0.1) is 0 Å². The van der Waals surface area contributed by atoms with E-state index in [1.54, 1.807) is 54.6 Å². The number of rotatable bonds is 24. The summed E-state index contributed by atoms with van der Waals surface area (Å²) in [4.78, 5) is 102. The number of benzene rings is 4. The van der Waals surface area contributed by atoms with Crippen LogP contribution < -0.4 is 32.3 Å². The molecule has 4 aromatic carbocycles. The zero-order valence-electron chi connectivity index (χ0n) is 42.4. The first kappa shape index (κ1) is 52.8. The van der Waals surface area contributed by atoms with Crippen molar-refractivity contribution in [2.75, 3.05) is 18.9 Å². The molecule has 0 aliphatic heterocycles. The number of carbonyl (C=O) groups is 7. The Morgan fingerprint density at radius 1 is 0.716 bits per heavy atom. The van der Waals surface area contributed by atoms with Crippen LogP contribution in [0.4, 0.5) is 10.5 Å². The van der Waals surface area contributed by atoms with Crippen LogP contribution in [-0.2, 0) is 53.0 Å². The van der Waals surface area contributed by atoms with Crippen LogP contribution in [0, 0.1) is 30.1 Å². The number of fused-ring (bicyclic) bond motifs is 1. The number of carbonyl (C=O) groups excluding carboxylic acids is 7. The average Bonchev–Trinajstić information content (AvgIpc) is 3.79. The van der Waals surface area contributed by atoms with Crippen LogP contribution in [0.3, 0.4) is 0 Å². The van der Waals surface area contributed by atoms with E-state index in [1.807, 2.05) is 67.7 Å². The van der Waals surface area contributed by atoms with Crippen molar-refractivity contribution in [3.63, 3.8) is 0 Å². The van der Waals surface area contributed by atoms with Crippen LogP contribution in [0.25, 0.3) is 10.9 Å². The first-order chi connectivity index (χ1) is 35.7. The molecular formula is C58H70N8O8. The molecule has 4 fully saturated rings. The minimum Gasteiger partial charge on any atom is -0.461 e. The zero-order valence-corrected chi connectivity index (χ0v) is 42.4. The van der Waals surface area contributed by atoms with Crippen molar-refractivity contribution < 1.29 is 38.3 Å². The number of para-hydroxylation sites is 2. The summed E-state index contributed by atoms with van der Waals surface area (Å²) < 4.78 is 5.59. The third kappa shape index (κ3) is 14.0. The third-order valence-corrected chi connectivity index (χ3v) is 15.3. The number of aromatic nitrogens is 1. The molecule has 16 nitrogen and oxygen atoms in total. The number of unbranched alkanes of at least 4 members (excludes halogenated alkanes) is 1. The highest BCUT2D eigenvalue weighted by atomic mass is 16.5. The second-order valence-corrected chi connectivity index (χ2v) is 21.0. The summed E-state index contributed by atoms with van der Waals surface area (Å²) in [5, 5.41) is 15.4. The Bertz CT molecular complexity index is 2750. The summed E-state index contributed by atoms with van der Waals surface area (Å²) in [7, 11) is 1.39. The van der Waals surface area contributed by atoms with Gasteiger partial charge in [-0.05, 0) is 122 Å². The van der Waals surface area contributed by atoms with E-state index in [0.29, 0.717) is 48.3 Å². The molecule has 1 heterocycles. The number of urea groups is 1. The summed E-state index contributed by atoms with van der Waals surface area (Å²) in [6.07, 6.45) is 9.20. The van der Waals surface area contributed by atoms with Gasteiger partial charge in [0.05, 0.1) is 6.42 Å². The molecule has 1 aromatic heterocycles. The number of amides is 7. The van der Waals surface area contributed by atoms with E-state index in [4.69, 9.17) is 10.5 Å². The lowest BCUT2D eigenvalue weighted by molar-refractivity contribution is -0.150. The normalized spacial score (nSPS) is 20.1. The maximum Gasteiger partial charge on any atom is 0.319 e. The second-order valence-electron chi connectivity index (χ2n) is 21.0. The smallest absolute Gasteiger partial charge is 0.319 e. The van der Waals surface area contributed by atoms with Crippen LogP contribution in [0.15, 0.2) is 115 Å². The predicted octanol–water partition coefficient (Wildman–Crippen LogP) is 6.76. The molecule has 74 heavy (non-hydrogen) atoms. The molecule has 8 N–H and O–H groups in total. The van der Waals surface area contributed by atoms with Crippen molar-refractivity contribution >= 4 is 58.1 Å². The molecule has 7 amide bonds. The van der Waals surface area contributed by atoms with Gasteiger partial charge in [-0.25, -0.2) is 4.79 Å². The monoisotopic (exact) mass is 1010 g/mol. The maximum atomic E-state index is 14.9. The Kier molecular flexibility index (Phi) is 17.5. The van der Waals surface area contributed by atoms with Crippen LogP contribution in [-0.4, -0.2) is 89.2 Å². The molecule has 4 saturated carbocycles. The highest BCUT2D eigenvalue weighted by molar-refractivity contribution is 5.97. The van der Waals surface area contributed by atoms with E-state index < -0.39 is 66.2 Å². The number of anilines is 1. The van der Waals surface area contributed by atoms with Gasteiger partial charge in [-0.2, -0.15) is 0 Å². The number of aromatic amines is 1. The fourth-order valence-corrected chi connectivity index (χ4v) is 12.0. The molecule has 390 valence electrons. The quantitative estimate of drug-likeness (QED) is 0.0257. The van der Waals surface area contributed by atoms with E-state index in [0.717, 1.165) is 51.8 Å². The Hall–Kier alpha value is -7.49. The summed E-state index contributed by atoms with van der Waals surface area (Å²) in [5.41, 5.74) is 10.5. The van der Waals surface area contributed by atoms with Crippen LogP contribution in [0.2, 0.25) is 0 Å². The fourth-order valence-electron chi connectivity index (χ4n) is 12.0. The SMILES string of the molecule is Cc1ccccc1NC(=O)NCCCC[C@H](NC(=O)[C@H](Cc1c[nH]c2ccccc12)NC(=O)CC12CC3CC(CC(C3)C1)C2)C(=O)N[C@@H](CC(=O)OCc1ccccc1)C(=O)N(C)[C@@H](Cc1ccccc1)C(N)=O. The molecule has 16 heteroatoms. The number of nitrogens with zero attached hydrogens (tertiary/aromatic N) is 1. The Labute approximate surface area is 432 Å². The Morgan fingerprint density at radius 2 is 1.32 bits per heavy atom. The average molecular weight is 1010 g/mol. The molecule has 0 saturated heterocycles. The van der Waals surface area contributed by atoms with E-state index in [2.05, 4.69) is 31.6 Å². The van der Waals surface area contributed by atoms with Gasteiger partial charge in [-0.3, -0.25) is 28.8 Å². The van der Waals surface area contributed by atoms with E-state index in [1.165, 1.54) is 26.3 Å². The summed E-state index contributed by atoms with van der Waals surface area (Å²) >= 11 is 0. The van der Waals surface area contributed by atoms with Gasteiger partial charge in [0, 0.05) is 55.6 Å². The number of hydrogen-bond acceptors (Lipinski definition) is 8. The summed E-state index contributed by atoms with van der Waals surface area (Å²) in [5.74, 6) is -2.09. The zero-order chi connectivity index (χ0) is 52.2. The first-order valence-corrected chi connectivity index (χ1v) is 26.1. The highest BCUT2D eigenvalue weighted by Crippen LogP contribution is 2.61. The lowest BCUT2D eigenvalue weighted by Gasteiger charge is -2.56. The van der Waals surface area contributed by atoms with Gasteiger partial charge in [0.2, 0.25) is 29.5 Å². The maximum absolute atomic E-state index is 14.9. The number of nitrogens with two attached hydrogens (primary N) is 1. The minimum atomic E-state index is -1.55. The number of aryl methyl sites for hydroxylation is 1. The molecule has 4 aliphatic rings. The van der Waals surface area contributed by atoms with Gasteiger partial charge >= 0.3 is 12.0 Å². The molecule has 5 aromatic rings. The van der Waals surface area contributed by atoms with Gasteiger partial charge in [-0.1, -0.05) is 97.1 Å². The van der Waals surface area contributed by atoms with Crippen molar-refractivity contribution in [1.29, 1.82) is 0 Å². The van der Waals surface area contributed by atoms with Crippen molar-refractivity contribution in [2.45, 2.75) is 121 Å². The second kappa shape index (κ2) is 24.5. The van der Waals surface area contributed by atoms with Gasteiger partial charge in [0.1, 0.15) is 30.8 Å². The number of hydrogen-bond donors (Lipinski definition) is 7. The minimum absolute atomic E-state index is 0.0484. The third-order valence-electron chi connectivity index (χ3n) is 15.3. The van der Waals surface area contributed by atoms with Crippen LogP contribution in [0.5, 0.6) is 0 Å². The van der Waals surface area contributed by atoms with E-state index in [9.17, 15) is 33.6 Å². The first-order valence-electron chi connectivity index (χ1n) is 26.1. The molecule has 0 spiro atoms. The Morgan fingerprint density at radius 3 is 2.00 bits per heavy atom. The highest BCUT2D eigenvalue weighted by Gasteiger charge is 2.51. The van der Waals surface area contributed by atoms with Crippen LogP contribution >= 0.6 is 0 Å². The van der Waals surface area contributed by atoms with E-state index >= 15 is 0 Å². The Balaban J connectivity index is 1.03. The van der Waals surface area contributed by atoms with Gasteiger partial charge in [0.15, 0.2) is 0 Å². The standard InChI is InChI=1S/C58H70N8O8/c1-37-15-9-11-21-45(37)65-57(73)60-24-14-13-23-47(54(70)64-49(30-52(68)74-36-39-18-7-4-8-19-39)56(72)66(2)50(53(59)69)28-38-16-5-3-6-17-38)63-55(71)48(29-43-35-61-46-22-12-10-20-44(43)46)62-51(67)34-58-31-40-25-41(32-58)27-42(26-40)33-58/h3-12,15-22,35,40-42,47-50,61H,13-14,23-34,36H2,1-2H3,(H2,59,69)(H,62,67)(H,63,71)(H,64,70)(H2,60,65,73)/t40?,41?,42?,47-,48-,49-,50-,58?/m0/s1. The van der Waals surface area contributed by atoms with Crippen LogP contribution in [0.1, 0.15) is 92.9 Å². The molecule has 9 rings (SSSR count). The lowest BCUT2D eigenvalue weighted by Crippen LogP contribution is -2.59. The molecule has 4 aliphatic carbocycles. The van der Waals surface area contributed by atoms with Crippen molar-refractivity contribution in [3.05, 3.63) is 138 Å². The summed E-state index contributed by atoms with van der Waals surface area (Å²) in [6, 6.07) is 27.6. The molecular weight excluding hydrogens is 937 g/mol. The number of likely N-dealkylation sites (N-methyl/N-ethyl adjacent to an activating group) is 1. The topological polar surface area (TPSA) is 234 Å². The van der Waals surface area contributed by atoms with Gasteiger partial charge < -0.3 is 46.9 Å². The summed E-state index contributed by atoms with van der Waals surface area (Å²) in [6.45, 7) is 2.03. The van der Waals surface area contributed by atoms with Crippen molar-refractivity contribution in [3.8, 4) is 0 Å². The lowest BCUT2D eigenvalue weighted by atomic mass is 9.49. The number of esters is 1. The number of primary amides is 1. The molecule has 0 unspecified atom stereocenters. The van der Waals surface area contributed by atoms with E-state index in [-0.39, 0.29) is 43.7 Å². The molecule has 4 atom stereocenters. The molecule has 4 bridgehead atoms. The largest absolute Gasteiger partial charge is 0.461 e. The van der Waals surface area contributed by atoms with Gasteiger partial charge in [0.25, 0.3) is 0 Å². The van der Waals surface area contributed by atoms with Crippen molar-refractivity contribution in [1.82, 2.24) is 31.2 Å². The predicted molar refractivity (Wildman–Crippen MR) is 282 cm³/mol. The van der Waals surface area contributed by atoms with Crippen molar-refractivity contribution in [2.24, 2.45) is 28.9 Å². The number of nitrogens with one attached hydrogen (secondary N) is 6. The fraction of sp³-hybridized carbons (Fsp3) is 0.431.